The normalized spacial score (nSPS) is 20.8. The highest BCUT2D eigenvalue weighted by atomic mass is 19.1. The van der Waals surface area contributed by atoms with Gasteiger partial charge in [-0.05, 0) is 23.6 Å². The van der Waals surface area contributed by atoms with E-state index in [0.29, 0.717) is 30.1 Å². The van der Waals surface area contributed by atoms with Crippen LogP contribution in [0.5, 0.6) is 5.75 Å². The summed E-state index contributed by atoms with van der Waals surface area (Å²) < 4.78 is 23.1. The number of para-hydroxylation sites is 1. The van der Waals surface area contributed by atoms with Crippen molar-refractivity contribution < 1.29 is 33.0 Å². The van der Waals surface area contributed by atoms with Crippen molar-refractivity contribution in [3.8, 4) is 5.75 Å². The molecule has 1 aromatic carbocycles. The van der Waals surface area contributed by atoms with Crippen LogP contribution in [0.1, 0.15) is 25.8 Å². The molecule has 0 spiro atoms. The summed E-state index contributed by atoms with van der Waals surface area (Å²) in [5, 5.41) is 16.0. The molecule has 210 valence electrons. The maximum atomic E-state index is 13.8. The summed E-state index contributed by atoms with van der Waals surface area (Å²) in [5.41, 5.74) is 1.94. The molecule has 13 heteroatoms. The number of carbonyl (C=O) groups excluding carboxylic acids is 4. The van der Waals surface area contributed by atoms with E-state index in [1.165, 1.54) is 4.90 Å². The van der Waals surface area contributed by atoms with Gasteiger partial charge in [0.05, 0.1) is 31.1 Å². The van der Waals surface area contributed by atoms with Gasteiger partial charge in [-0.1, -0.05) is 32.4 Å². The second kappa shape index (κ2) is 12.8. The molecule has 0 aliphatic carbocycles. The third-order valence-electron chi connectivity index (χ3n) is 6.93. The summed E-state index contributed by atoms with van der Waals surface area (Å²) in [5.74, 6) is -1.83. The number of nitrogens with zero attached hydrogens (tertiary/aromatic N) is 3. The van der Waals surface area contributed by atoms with Crippen LogP contribution in [0, 0.1) is 5.92 Å². The molecule has 3 N–H and O–H groups in total. The van der Waals surface area contributed by atoms with E-state index in [0.717, 1.165) is 5.56 Å². The predicted octanol–water partition coefficient (Wildman–Crippen LogP) is 0.804. The van der Waals surface area contributed by atoms with Gasteiger partial charge in [0.15, 0.2) is 0 Å². The predicted molar refractivity (Wildman–Crippen MR) is 138 cm³/mol. The molecule has 0 unspecified atom stereocenters. The van der Waals surface area contributed by atoms with E-state index in [4.69, 9.17) is 9.47 Å². The molecule has 0 saturated carbocycles. The van der Waals surface area contributed by atoms with Crippen LogP contribution in [0.15, 0.2) is 40.2 Å². The maximum Gasteiger partial charge on any atom is 0.253 e. The van der Waals surface area contributed by atoms with E-state index < -0.39 is 49.1 Å². The van der Waals surface area contributed by atoms with Gasteiger partial charge in [-0.25, -0.2) is 4.39 Å². The maximum absolute atomic E-state index is 13.8. The molecular weight excluding hydrogens is 511 g/mol. The van der Waals surface area contributed by atoms with Crippen LogP contribution in [0.25, 0.3) is 0 Å². The monoisotopic (exact) mass is 544 g/mol. The summed E-state index contributed by atoms with van der Waals surface area (Å²) in [4.78, 5) is 54.0. The molecule has 0 aromatic heterocycles. The number of alkyl halides is 1. The first kappa shape index (κ1) is 28.1. The highest BCUT2D eigenvalue weighted by Crippen LogP contribution is 2.42. The van der Waals surface area contributed by atoms with Crippen LogP contribution < -0.4 is 25.6 Å². The van der Waals surface area contributed by atoms with E-state index in [2.05, 4.69) is 26.2 Å². The summed E-state index contributed by atoms with van der Waals surface area (Å²) in [6.45, 7) is 2.81. The van der Waals surface area contributed by atoms with E-state index in [1.54, 1.807) is 25.1 Å². The highest BCUT2D eigenvalue weighted by molar-refractivity contribution is 6.08. The first-order valence-electron chi connectivity index (χ1n) is 13.0. The number of benzene rings is 1. The Morgan fingerprint density at radius 2 is 2.13 bits per heavy atom. The zero-order valence-electron chi connectivity index (χ0n) is 21.9. The molecule has 4 rings (SSSR count). The molecule has 12 nitrogen and oxygen atoms in total. The van der Waals surface area contributed by atoms with Crippen molar-refractivity contribution in [1.29, 1.82) is 0 Å². The Labute approximate surface area is 225 Å². The van der Waals surface area contributed by atoms with Crippen LogP contribution in [-0.4, -0.2) is 81.3 Å². The first-order chi connectivity index (χ1) is 18.8. The van der Waals surface area contributed by atoms with Gasteiger partial charge in [0.1, 0.15) is 43.8 Å². The number of amides is 4. The number of ether oxygens (including phenoxy) is 2. The fraction of sp³-hybridized carbons (Fsp3) is 0.538. The smallest absolute Gasteiger partial charge is 0.253 e. The second-order valence-corrected chi connectivity index (χ2v) is 9.57. The molecule has 3 aliphatic heterocycles. The molecule has 4 atom stereocenters. The average molecular weight is 545 g/mol. The Balaban J connectivity index is 1.50. The molecule has 39 heavy (non-hydrogen) atoms. The molecule has 3 heterocycles. The van der Waals surface area contributed by atoms with Gasteiger partial charge in [-0.15, -0.1) is 0 Å². The van der Waals surface area contributed by atoms with Crippen LogP contribution in [0.2, 0.25) is 0 Å². The summed E-state index contributed by atoms with van der Waals surface area (Å²) >= 11 is 0. The molecular formula is C26H33FN6O6. The zero-order chi connectivity index (χ0) is 27.9. The quantitative estimate of drug-likeness (QED) is 0.331. The van der Waals surface area contributed by atoms with Gasteiger partial charge < -0.3 is 25.4 Å². The lowest BCUT2D eigenvalue weighted by Crippen LogP contribution is -2.59. The fourth-order valence-electron chi connectivity index (χ4n) is 4.69. The van der Waals surface area contributed by atoms with Crippen molar-refractivity contribution in [3.05, 3.63) is 35.5 Å². The minimum Gasteiger partial charge on any atom is -0.489 e. The van der Waals surface area contributed by atoms with Crippen molar-refractivity contribution in [2.75, 3.05) is 44.5 Å². The number of anilines is 1. The van der Waals surface area contributed by atoms with Crippen molar-refractivity contribution in [2.24, 2.45) is 16.1 Å². The summed E-state index contributed by atoms with van der Waals surface area (Å²) in [7, 11) is 0. The zero-order valence-corrected chi connectivity index (χ0v) is 21.9. The molecule has 0 bridgehead atoms. The minimum atomic E-state index is -1.11. The van der Waals surface area contributed by atoms with E-state index in [9.17, 15) is 23.6 Å². The molecule has 4 amide bonds. The standard InChI is InChI=1S/C26H33FN6O6/c1-3-15(2)22(31-21(34)14-38-10-8-27)25(36)30-18-13-39-20-6-4-5-16-11-19(33(23(16)20)26(18)37)24(35)28-12-17-7-9-29-32-17/h4-7,15,18-19,22H,3,8-14H2,1-2H3,(H,28,35)(H,30,36)(H,31,34)/t15-,18-,19-,22-/m0/s1. The van der Waals surface area contributed by atoms with Crippen LogP contribution in [0.3, 0.4) is 0 Å². The Morgan fingerprint density at radius 3 is 2.85 bits per heavy atom. The molecule has 3 aliphatic rings. The summed E-state index contributed by atoms with van der Waals surface area (Å²) in [6.07, 6.45) is 2.66. The van der Waals surface area contributed by atoms with Crippen LogP contribution in [0.4, 0.5) is 10.1 Å². The topological polar surface area (TPSA) is 151 Å². The number of halogens is 1. The van der Waals surface area contributed by atoms with Crippen molar-refractivity contribution in [1.82, 2.24) is 16.0 Å². The Bertz CT molecular complexity index is 1170. The lowest BCUT2D eigenvalue weighted by Gasteiger charge is -2.29. The molecule has 0 fully saturated rings. The van der Waals surface area contributed by atoms with Gasteiger partial charge in [0.25, 0.3) is 5.91 Å². The van der Waals surface area contributed by atoms with E-state index in [1.807, 2.05) is 13.0 Å². The van der Waals surface area contributed by atoms with Gasteiger partial charge >= 0.3 is 0 Å². The number of carbonyl (C=O) groups is 4. The molecule has 1 aromatic rings. The van der Waals surface area contributed by atoms with Gasteiger partial charge in [0, 0.05) is 6.42 Å². The number of hydrogen-bond donors (Lipinski definition) is 3. The Kier molecular flexibility index (Phi) is 9.23. The SMILES string of the molecule is CC[C@H](C)[C@H](NC(=O)COCCF)C(=O)N[C@H]1COc2cccc3c2N(C1=O)[C@H](C(=O)NCC1=CCN=N1)C3. The number of nitrogens with one attached hydrogen (secondary N) is 3. The average Bonchev–Trinajstić information content (AvgIpc) is 3.57. The molecule has 0 radical (unpaired) electrons. The van der Waals surface area contributed by atoms with Crippen molar-refractivity contribution in [2.45, 2.75) is 44.8 Å². The Hall–Kier alpha value is -3.87. The van der Waals surface area contributed by atoms with Crippen molar-refractivity contribution in [3.63, 3.8) is 0 Å². The number of azo groups is 1. The first-order valence-corrected chi connectivity index (χ1v) is 13.0. The third kappa shape index (κ3) is 6.41. The van der Waals surface area contributed by atoms with E-state index >= 15 is 0 Å². The van der Waals surface area contributed by atoms with Gasteiger partial charge in [-0.2, -0.15) is 10.2 Å². The lowest BCUT2D eigenvalue weighted by molar-refractivity contribution is -0.134. The third-order valence-corrected chi connectivity index (χ3v) is 6.93. The largest absolute Gasteiger partial charge is 0.489 e. The van der Waals surface area contributed by atoms with Crippen molar-refractivity contribution >= 4 is 29.3 Å². The second-order valence-electron chi connectivity index (χ2n) is 9.57. The van der Waals surface area contributed by atoms with Gasteiger partial charge in [-0.3, -0.25) is 24.1 Å². The number of hydrogen-bond acceptors (Lipinski definition) is 8. The van der Waals surface area contributed by atoms with Gasteiger partial charge in [0.2, 0.25) is 17.7 Å². The fourth-order valence-corrected chi connectivity index (χ4v) is 4.69. The Morgan fingerprint density at radius 1 is 1.31 bits per heavy atom. The van der Waals surface area contributed by atoms with Crippen LogP contribution >= 0.6 is 0 Å². The highest BCUT2D eigenvalue weighted by Gasteiger charge is 2.45. The minimum absolute atomic E-state index is 0.153. The van der Waals surface area contributed by atoms with E-state index in [-0.39, 0.29) is 38.0 Å². The van der Waals surface area contributed by atoms with Crippen LogP contribution in [-0.2, 0) is 30.3 Å². The molecule has 0 saturated heterocycles. The lowest BCUT2D eigenvalue weighted by atomic mass is 9.98. The summed E-state index contributed by atoms with van der Waals surface area (Å²) in [6, 6.07) is 2.43. The number of rotatable bonds is 12.